The monoisotopic (exact) mass is 520 g/mol. The molecule has 0 radical (unpaired) electrons. The molecule has 206 valence electrons. The number of unbranched alkanes of at least 4 members (excludes halogenated alkanes) is 2. The van der Waals surface area contributed by atoms with Crippen LogP contribution in [-0.4, -0.2) is 52.6 Å². The highest BCUT2D eigenvalue weighted by molar-refractivity contribution is 5.99. The minimum absolute atomic E-state index is 0.0236. The molecule has 2 atom stereocenters. The van der Waals surface area contributed by atoms with E-state index in [1.165, 1.54) is 5.56 Å². The molecule has 0 spiro atoms. The molecule has 1 saturated heterocycles. The van der Waals surface area contributed by atoms with Gasteiger partial charge in [0.2, 0.25) is 5.91 Å². The Kier molecular flexibility index (Phi) is 11.4. The first-order valence-corrected chi connectivity index (χ1v) is 14.1. The molecule has 2 aromatic carbocycles. The number of nitrogens with one attached hydrogen (secondary N) is 2. The third-order valence-electron chi connectivity index (χ3n) is 6.94. The molecule has 3 N–H and O–H groups in total. The van der Waals surface area contributed by atoms with E-state index in [4.69, 9.17) is 5.11 Å². The molecular formula is C31H44N4O3. The van der Waals surface area contributed by atoms with Gasteiger partial charge in [-0.1, -0.05) is 82.0 Å². The summed E-state index contributed by atoms with van der Waals surface area (Å²) < 4.78 is 0. The van der Waals surface area contributed by atoms with Crippen molar-refractivity contribution in [3.05, 3.63) is 77.0 Å². The SMILES string of the molecule is CC.CCCCCC1CN(CC(=O)Nc2ccc(CCCO)cc2)C(=O)C2=CC(c3ccc(C)cc3)NN21. The van der Waals surface area contributed by atoms with Crippen molar-refractivity contribution in [3.63, 3.8) is 0 Å². The molecule has 2 aliphatic heterocycles. The van der Waals surface area contributed by atoms with Crippen LogP contribution in [0.4, 0.5) is 5.69 Å². The molecule has 7 heteroatoms. The number of amides is 2. The zero-order valence-electron chi connectivity index (χ0n) is 23.4. The van der Waals surface area contributed by atoms with Crippen LogP contribution in [0, 0.1) is 6.92 Å². The van der Waals surface area contributed by atoms with Crippen LogP contribution in [0.25, 0.3) is 0 Å². The van der Waals surface area contributed by atoms with Crippen LogP contribution in [0.5, 0.6) is 0 Å². The number of anilines is 1. The van der Waals surface area contributed by atoms with Crippen molar-refractivity contribution in [1.82, 2.24) is 15.3 Å². The number of aryl methyl sites for hydroxylation is 2. The molecule has 2 aromatic rings. The number of carbonyl (C=O) groups excluding carboxylic acids is 2. The van der Waals surface area contributed by atoms with Crippen LogP contribution in [0.15, 0.2) is 60.3 Å². The summed E-state index contributed by atoms with van der Waals surface area (Å²) >= 11 is 0. The van der Waals surface area contributed by atoms with E-state index in [9.17, 15) is 9.59 Å². The lowest BCUT2D eigenvalue weighted by Gasteiger charge is -2.41. The smallest absolute Gasteiger partial charge is 0.271 e. The van der Waals surface area contributed by atoms with Crippen LogP contribution >= 0.6 is 0 Å². The first-order chi connectivity index (χ1) is 18.5. The van der Waals surface area contributed by atoms with Gasteiger partial charge in [0.1, 0.15) is 12.2 Å². The molecule has 2 amide bonds. The summed E-state index contributed by atoms with van der Waals surface area (Å²) in [5.74, 6) is -0.313. The Morgan fingerprint density at radius 1 is 1.05 bits per heavy atom. The summed E-state index contributed by atoms with van der Waals surface area (Å²) in [6.07, 6.45) is 7.84. The van der Waals surface area contributed by atoms with Crippen LogP contribution in [0.1, 0.15) is 75.6 Å². The number of rotatable bonds is 11. The molecular weight excluding hydrogens is 476 g/mol. The highest BCUT2D eigenvalue weighted by atomic mass is 16.3. The Bertz CT molecular complexity index is 1070. The fraction of sp³-hybridized carbons (Fsp3) is 0.484. The Hall–Kier alpha value is -3.16. The van der Waals surface area contributed by atoms with E-state index in [0.29, 0.717) is 24.4 Å². The van der Waals surface area contributed by atoms with Gasteiger partial charge < -0.3 is 15.3 Å². The zero-order chi connectivity index (χ0) is 27.5. The predicted molar refractivity (Wildman–Crippen MR) is 153 cm³/mol. The molecule has 2 heterocycles. The number of hydrazine groups is 1. The summed E-state index contributed by atoms with van der Waals surface area (Å²) in [6.45, 7) is 8.95. The van der Waals surface area contributed by atoms with E-state index in [-0.39, 0.29) is 37.0 Å². The number of nitrogens with zero attached hydrogens (tertiary/aromatic N) is 2. The summed E-state index contributed by atoms with van der Waals surface area (Å²) in [4.78, 5) is 28.0. The maximum atomic E-state index is 13.4. The van der Waals surface area contributed by atoms with Crippen LogP contribution in [0.3, 0.4) is 0 Å². The lowest BCUT2D eigenvalue weighted by Crippen LogP contribution is -2.57. The Labute approximate surface area is 227 Å². The minimum atomic E-state index is -0.200. The number of fused-ring (bicyclic) bond motifs is 1. The lowest BCUT2D eigenvalue weighted by atomic mass is 10.0. The van der Waals surface area contributed by atoms with Gasteiger partial charge in [0.15, 0.2) is 0 Å². The molecule has 0 aromatic heterocycles. The Morgan fingerprint density at radius 3 is 2.42 bits per heavy atom. The molecule has 4 rings (SSSR count). The van der Waals surface area contributed by atoms with E-state index in [1.807, 2.05) is 49.2 Å². The van der Waals surface area contributed by atoms with E-state index >= 15 is 0 Å². The maximum absolute atomic E-state index is 13.4. The van der Waals surface area contributed by atoms with Crippen molar-refractivity contribution in [2.24, 2.45) is 0 Å². The summed E-state index contributed by atoms with van der Waals surface area (Å²) in [7, 11) is 0. The number of piperazine rings is 1. The molecule has 0 saturated carbocycles. The van der Waals surface area contributed by atoms with E-state index in [1.54, 1.807) is 4.90 Å². The Morgan fingerprint density at radius 2 is 1.76 bits per heavy atom. The van der Waals surface area contributed by atoms with E-state index in [2.05, 4.69) is 48.9 Å². The maximum Gasteiger partial charge on any atom is 0.271 e. The summed E-state index contributed by atoms with van der Waals surface area (Å²) in [5, 5.41) is 14.0. The van der Waals surface area contributed by atoms with Gasteiger partial charge >= 0.3 is 0 Å². The first kappa shape index (κ1) is 29.4. The number of aliphatic hydroxyl groups is 1. The molecule has 1 fully saturated rings. The summed E-state index contributed by atoms with van der Waals surface area (Å²) in [6, 6.07) is 16.1. The van der Waals surface area contributed by atoms with Gasteiger partial charge in [-0.15, -0.1) is 0 Å². The number of carbonyl (C=O) groups is 2. The van der Waals surface area contributed by atoms with Crippen molar-refractivity contribution < 1.29 is 14.7 Å². The van der Waals surface area contributed by atoms with E-state index < -0.39 is 0 Å². The van der Waals surface area contributed by atoms with Crippen molar-refractivity contribution >= 4 is 17.5 Å². The second-order valence-electron chi connectivity index (χ2n) is 9.85. The average molecular weight is 521 g/mol. The molecule has 2 unspecified atom stereocenters. The van der Waals surface area contributed by atoms with Gasteiger partial charge in [-0.05, 0) is 55.5 Å². The van der Waals surface area contributed by atoms with Crippen molar-refractivity contribution in [2.45, 2.75) is 78.3 Å². The van der Waals surface area contributed by atoms with Gasteiger partial charge in [0, 0.05) is 18.8 Å². The number of hydrogen-bond acceptors (Lipinski definition) is 5. The highest BCUT2D eigenvalue weighted by Gasteiger charge is 2.41. The minimum Gasteiger partial charge on any atom is -0.396 e. The average Bonchev–Trinajstić information content (AvgIpc) is 3.38. The van der Waals surface area contributed by atoms with Crippen molar-refractivity contribution in [2.75, 3.05) is 25.0 Å². The van der Waals surface area contributed by atoms with Crippen LogP contribution in [-0.2, 0) is 16.0 Å². The standard InChI is InChI=1S/C29H38N4O3.C2H6/c1-3-4-5-8-25-19-32(20-28(35)30-24-15-11-22(12-16-24)7-6-17-34)29(36)27-18-26(31-33(25)27)23-13-9-21(2)10-14-23;1-2/h9-16,18,25-26,31,34H,3-8,17,19-20H2,1-2H3,(H,30,35);1-2H3. The van der Waals surface area contributed by atoms with Gasteiger partial charge in [-0.2, -0.15) is 0 Å². The van der Waals surface area contributed by atoms with Gasteiger partial charge in [0.05, 0.1) is 12.1 Å². The summed E-state index contributed by atoms with van der Waals surface area (Å²) in [5.41, 5.74) is 8.33. The van der Waals surface area contributed by atoms with Crippen molar-refractivity contribution in [3.8, 4) is 0 Å². The topological polar surface area (TPSA) is 84.9 Å². The normalized spacial score (nSPS) is 18.4. The van der Waals surface area contributed by atoms with Crippen LogP contribution in [0.2, 0.25) is 0 Å². The molecule has 38 heavy (non-hydrogen) atoms. The zero-order valence-corrected chi connectivity index (χ0v) is 23.4. The highest BCUT2D eigenvalue weighted by Crippen LogP contribution is 2.32. The second-order valence-corrected chi connectivity index (χ2v) is 9.85. The second kappa shape index (κ2) is 14.7. The van der Waals surface area contributed by atoms with Gasteiger partial charge in [-0.3, -0.25) is 14.6 Å². The third-order valence-corrected chi connectivity index (χ3v) is 6.94. The third kappa shape index (κ3) is 7.68. The van der Waals surface area contributed by atoms with Gasteiger partial charge in [0.25, 0.3) is 5.91 Å². The van der Waals surface area contributed by atoms with Crippen molar-refractivity contribution in [1.29, 1.82) is 0 Å². The number of aliphatic hydroxyl groups excluding tert-OH is 1. The quantitative estimate of drug-likeness (QED) is 0.358. The van der Waals surface area contributed by atoms with E-state index in [0.717, 1.165) is 43.2 Å². The predicted octanol–water partition coefficient (Wildman–Crippen LogP) is 5.12. The molecule has 7 nitrogen and oxygen atoms in total. The number of hydrogen-bond donors (Lipinski definition) is 3. The Balaban J connectivity index is 0.00000195. The molecule has 2 aliphatic rings. The lowest BCUT2D eigenvalue weighted by molar-refractivity contribution is -0.137. The van der Waals surface area contributed by atoms with Gasteiger partial charge in [-0.25, -0.2) is 5.43 Å². The fourth-order valence-corrected chi connectivity index (χ4v) is 4.90. The molecule has 0 aliphatic carbocycles. The largest absolute Gasteiger partial charge is 0.396 e. The first-order valence-electron chi connectivity index (χ1n) is 14.1. The molecule has 0 bridgehead atoms. The fourth-order valence-electron chi connectivity index (χ4n) is 4.90. The number of benzene rings is 2. The van der Waals surface area contributed by atoms with Crippen LogP contribution < -0.4 is 10.7 Å².